The standard InChI is InChI=1S/C17H17N3O3S/c21-15(18-10-8-13-5-2-1-3-6-13)9-11-20-17(22)23-16(19-20)14-7-4-12-24-14/h1-7,12H,8-11H2,(H,18,21). The first kappa shape index (κ1) is 16.2. The Hall–Kier alpha value is -2.67. The van der Waals surface area contributed by atoms with Gasteiger partial charge in [-0.3, -0.25) is 4.79 Å². The van der Waals surface area contributed by atoms with Crippen molar-refractivity contribution in [2.24, 2.45) is 0 Å². The van der Waals surface area contributed by atoms with Crippen molar-refractivity contribution in [3.63, 3.8) is 0 Å². The fourth-order valence-electron chi connectivity index (χ4n) is 2.23. The fraction of sp³-hybridized carbons (Fsp3) is 0.235. The first-order valence-corrected chi connectivity index (χ1v) is 8.53. The van der Waals surface area contributed by atoms with E-state index in [1.165, 1.54) is 21.6 Å². The van der Waals surface area contributed by atoms with Crippen LogP contribution in [0.2, 0.25) is 0 Å². The molecule has 3 rings (SSSR count). The highest BCUT2D eigenvalue weighted by Gasteiger charge is 2.12. The smallest absolute Gasteiger partial charge is 0.387 e. The van der Waals surface area contributed by atoms with Crippen molar-refractivity contribution in [3.05, 3.63) is 64.0 Å². The number of nitrogens with zero attached hydrogens (tertiary/aromatic N) is 2. The van der Waals surface area contributed by atoms with E-state index in [4.69, 9.17) is 4.42 Å². The zero-order chi connectivity index (χ0) is 16.8. The van der Waals surface area contributed by atoms with Gasteiger partial charge in [0, 0.05) is 13.0 Å². The molecule has 0 saturated carbocycles. The number of carbonyl (C=O) groups is 1. The molecule has 124 valence electrons. The lowest BCUT2D eigenvalue weighted by molar-refractivity contribution is -0.121. The first-order valence-electron chi connectivity index (χ1n) is 7.65. The molecular formula is C17H17N3O3S. The molecule has 0 aliphatic carbocycles. The van der Waals surface area contributed by atoms with Gasteiger partial charge < -0.3 is 9.73 Å². The van der Waals surface area contributed by atoms with Crippen LogP contribution in [0.3, 0.4) is 0 Å². The summed E-state index contributed by atoms with van der Waals surface area (Å²) in [5.74, 6) is -0.367. The molecule has 0 fully saturated rings. The third-order valence-electron chi connectivity index (χ3n) is 3.47. The molecule has 1 aromatic carbocycles. The van der Waals surface area contributed by atoms with E-state index >= 15 is 0 Å². The molecule has 0 unspecified atom stereocenters. The van der Waals surface area contributed by atoms with Crippen molar-refractivity contribution >= 4 is 17.2 Å². The predicted octanol–water partition coefficient (Wildman–Crippen LogP) is 2.31. The van der Waals surface area contributed by atoms with E-state index in [9.17, 15) is 9.59 Å². The highest BCUT2D eigenvalue weighted by molar-refractivity contribution is 7.13. The molecule has 7 heteroatoms. The fourth-order valence-corrected chi connectivity index (χ4v) is 2.88. The van der Waals surface area contributed by atoms with Gasteiger partial charge in [-0.15, -0.1) is 16.4 Å². The van der Waals surface area contributed by atoms with Gasteiger partial charge in [-0.25, -0.2) is 4.79 Å². The number of benzene rings is 1. The van der Waals surface area contributed by atoms with Gasteiger partial charge in [0.05, 0.1) is 11.4 Å². The Morgan fingerprint density at radius 1 is 1.21 bits per heavy atom. The molecule has 1 N–H and O–H groups in total. The van der Waals surface area contributed by atoms with Crippen molar-refractivity contribution in [2.45, 2.75) is 19.4 Å². The van der Waals surface area contributed by atoms with E-state index in [2.05, 4.69) is 10.4 Å². The van der Waals surface area contributed by atoms with E-state index in [0.717, 1.165) is 11.3 Å². The Labute approximate surface area is 142 Å². The quantitative estimate of drug-likeness (QED) is 0.714. The Morgan fingerprint density at radius 3 is 2.79 bits per heavy atom. The molecule has 24 heavy (non-hydrogen) atoms. The first-order chi connectivity index (χ1) is 11.7. The Kier molecular flexibility index (Phi) is 5.22. The molecule has 1 amide bonds. The largest absolute Gasteiger partial charge is 0.437 e. The third kappa shape index (κ3) is 4.20. The number of hydrogen-bond donors (Lipinski definition) is 1. The lowest BCUT2D eigenvalue weighted by Gasteiger charge is -2.04. The van der Waals surface area contributed by atoms with Crippen molar-refractivity contribution in [3.8, 4) is 10.8 Å². The number of nitrogens with one attached hydrogen (secondary N) is 1. The molecular weight excluding hydrogens is 326 g/mol. The molecule has 0 saturated heterocycles. The van der Waals surface area contributed by atoms with Crippen LogP contribution in [0.4, 0.5) is 0 Å². The average molecular weight is 343 g/mol. The molecule has 2 heterocycles. The topological polar surface area (TPSA) is 77.1 Å². The number of rotatable bonds is 7. The minimum absolute atomic E-state index is 0.112. The molecule has 0 atom stereocenters. The maximum Gasteiger partial charge on any atom is 0.437 e. The Bertz CT molecular complexity index is 838. The van der Waals surface area contributed by atoms with Gasteiger partial charge in [-0.2, -0.15) is 4.68 Å². The lowest BCUT2D eigenvalue weighted by Crippen LogP contribution is -2.28. The van der Waals surface area contributed by atoms with E-state index in [1.807, 2.05) is 47.8 Å². The summed E-state index contributed by atoms with van der Waals surface area (Å²) < 4.78 is 6.29. The van der Waals surface area contributed by atoms with Crippen molar-refractivity contribution in [1.29, 1.82) is 0 Å². The van der Waals surface area contributed by atoms with Crippen LogP contribution in [-0.4, -0.2) is 22.2 Å². The van der Waals surface area contributed by atoms with E-state index < -0.39 is 5.76 Å². The molecule has 0 aliphatic heterocycles. The summed E-state index contributed by atoms with van der Waals surface area (Å²) in [6, 6.07) is 13.6. The van der Waals surface area contributed by atoms with Gasteiger partial charge in [0.25, 0.3) is 5.89 Å². The number of carbonyl (C=O) groups excluding carboxylic acids is 1. The zero-order valence-corrected chi connectivity index (χ0v) is 13.8. The maximum absolute atomic E-state index is 11.9. The predicted molar refractivity (Wildman–Crippen MR) is 91.8 cm³/mol. The summed E-state index contributed by atoms with van der Waals surface area (Å²) in [6.45, 7) is 0.766. The minimum atomic E-state index is -0.546. The van der Waals surface area contributed by atoms with Crippen LogP contribution in [0.15, 0.2) is 57.1 Å². The summed E-state index contributed by atoms with van der Waals surface area (Å²) >= 11 is 1.44. The van der Waals surface area contributed by atoms with E-state index in [-0.39, 0.29) is 18.9 Å². The van der Waals surface area contributed by atoms with Gasteiger partial charge >= 0.3 is 5.76 Å². The average Bonchev–Trinajstić information content (AvgIpc) is 3.23. The Balaban J connectivity index is 1.47. The zero-order valence-electron chi connectivity index (χ0n) is 13.0. The number of aryl methyl sites for hydroxylation is 1. The second-order valence-corrected chi connectivity index (χ2v) is 6.16. The summed E-state index contributed by atoms with van der Waals surface area (Å²) in [4.78, 5) is 24.4. The Morgan fingerprint density at radius 2 is 2.04 bits per heavy atom. The van der Waals surface area contributed by atoms with Crippen LogP contribution in [0.1, 0.15) is 12.0 Å². The molecule has 0 radical (unpaired) electrons. The third-order valence-corrected chi connectivity index (χ3v) is 4.33. The number of amides is 1. The summed E-state index contributed by atoms with van der Waals surface area (Å²) in [6.07, 6.45) is 0.962. The van der Waals surface area contributed by atoms with Gasteiger partial charge in [0.2, 0.25) is 5.91 Å². The highest BCUT2D eigenvalue weighted by Crippen LogP contribution is 2.20. The van der Waals surface area contributed by atoms with Crippen molar-refractivity contribution < 1.29 is 9.21 Å². The molecule has 2 aromatic heterocycles. The number of aromatic nitrogens is 2. The maximum atomic E-state index is 11.9. The van der Waals surface area contributed by atoms with Gasteiger partial charge in [-0.1, -0.05) is 36.4 Å². The summed E-state index contributed by atoms with van der Waals surface area (Å²) in [7, 11) is 0. The van der Waals surface area contributed by atoms with E-state index in [0.29, 0.717) is 12.4 Å². The van der Waals surface area contributed by atoms with Crippen LogP contribution in [0.25, 0.3) is 10.8 Å². The van der Waals surface area contributed by atoms with Crippen LogP contribution < -0.4 is 11.1 Å². The number of hydrogen-bond acceptors (Lipinski definition) is 5. The molecule has 0 bridgehead atoms. The second-order valence-electron chi connectivity index (χ2n) is 5.21. The second kappa shape index (κ2) is 7.74. The SMILES string of the molecule is O=C(CCn1nc(-c2cccs2)oc1=O)NCCc1ccccc1. The molecule has 3 aromatic rings. The van der Waals surface area contributed by atoms with E-state index in [1.54, 1.807) is 0 Å². The van der Waals surface area contributed by atoms with Crippen molar-refractivity contribution in [1.82, 2.24) is 15.1 Å². The molecule has 0 spiro atoms. The highest BCUT2D eigenvalue weighted by atomic mass is 32.1. The summed E-state index contributed by atoms with van der Waals surface area (Å²) in [5, 5.41) is 8.85. The monoisotopic (exact) mass is 343 g/mol. The van der Waals surface area contributed by atoms with Crippen LogP contribution in [0, 0.1) is 0 Å². The lowest BCUT2D eigenvalue weighted by atomic mass is 10.1. The van der Waals surface area contributed by atoms with Gasteiger partial charge in [0.1, 0.15) is 0 Å². The van der Waals surface area contributed by atoms with Gasteiger partial charge in [-0.05, 0) is 23.4 Å². The minimum Gasteiger partial charge on any atom is -0.387 e. The van der Waals surface area contributed by atoms with Crippen LogP contribution in [0.5, 0.6) is 0 Å². The molecule has 0 aliphatic rings. The number of thiophene rings is 1. The van der Waals surface area contributed by atoms with Gasteiger partial charge in [0.15, 0.2) is 0 Å². The molecule has 6 nitrogen and oxygen atoms in total. The van der Waals surface area contributed by atoms with Crippen LogP contribution in [-0.2, 0) is 17.8 Å². The van der Waals surface area contributed by atoms with Crippen LogP contribution >= 0.6 is 11.3 Å². The normalized spacial score (nSPS) is 10.7. The summed E-state index contributed by atoms with van der Waals surface area (Å²) in [5.41, 5.74) is 1.17. The van der Waals surface area contributed by atoms with Crippen molar-refractivity contribution in [2.75, 3.05) is 6.54 Å².